The SMILES string of the molecule is Cc1ccc(-c2nn(-c3ccccc3)cc2C(=O)NC2CCCCC2)o1. The Balaban J connectivity index is 1.69. The first-order valence-corrected chi connectivity index (χ1v) is 9.23. The van der Waals surface area contributed by atoms with E-state index in [0.717, 1.165) is 24.3 Å². The van der Waals surface area contributed by atoms with Crippen molar-refractivity contribution in [1.82, 2.24) is 15.1 Å². The number of aryl methyl sites for hydroxylation is 1. The standard InChI is InChI=1S/C21H23N3O2/c1-15-12-13-19(26-15)20-18(21(25)22-16-8-4-2-5-9-16)14-24(23-20)17-10-6-3-7-11-17/h3,6-7,10-14,16H,2,4-5,8-9H2,1H3,(H,22,25). The summed E-state index contributed by atoms with van der Waals surface area (Å²) in [6.45, 7) is 1.89. The van der Waals surface area contributed by atoms with Gasteiger partial charge in [0, 0.05) is 12.2 Å². The number of amides is 1. The average molecular weight is 349 g/mol. The second-order valence-electron chi connectivity index (χ2n) is 6.89. The van der Waals surface area contributed by atoms with Gasteiger partial charge in [-0.3, -0.25) is 4.79 Å². The van der Waals surface area contributed by atoms with E-state index in [4.69, 9.17) is 4.42 Å². The predicted octanol–water partition coefficient (Wildman–Crippen LogP) is 4.50. The molecule has 0 spiro atoms. The number of nitrogens with zero attached hydrogens (tertiary/aromatic N) is 2. The lowest BCUT2D eigenvalue weighted by molar-refractivity contribution is 0.0928. The van der Waals surface area contributed by atoms with E-state index in [2.05, 4.69) is 10.4 Å². The molecule has 1 aromatic carbocycles. The molecule has 1 aliphatic carbocycles. The Kier molecular flexibility index (Phi) is 4.61. The third-order valence-electron chi connectivity index (χ3n) is 4.89. The van der Waals surface area contributed by atoms with Crippen LogP contribution >= 0.6 is 0 Å². The van der Waals surface area contributed by atoms with Crippen LogP contribution in [0.1, 0.15) is 48.2 Å². The van der Waals surface area contributed by atoms with Gasteiger partial charge in [-0.2, -0.15) is 5.10 Å². The van der Waals surface area contributed by atoms with Gasteiger partial charge in [-0.1, -0.05) is 37.5 Å². The minimum Gasteiger partial charge on any atom is -0.460 e. The van der Waals surface area contributed by atoms with Gasteiger partial charge in [0.2, 0.25) is 0 Å². The van der Waals surface area contributed by atoms with Crippen molar-refractivity contribution in [1.29, 1.82) is 0 Å². The molecular formula is C21H23N3O2. The van der Waals surface area contributed by atoms with E-state index in [1.165, 1.54) is 19.3 Å². The van der Waals surface area contributed by atoms with Crippen molar-refractivity contribution in [3.63, 3.8) is 0 Å². The topological polar surface area (TPSA) is 60.1 Å². The number of carbonyl (C=O) groups is 1. The Labute approximate surface area is 153 Å². The maximum absolute atomic E-state index is 13.0. The molecule has 0 bridgehead atoms. The van der Waals surface area contributed by atoms with E-state index in [-0.39, 0.29) is 11.9 Å². The van der Waals surface area contributed by atoms with Crippen molar-refractivity contribution < 1.29 is 9.21 Å². The van der Waals surface area contributed by atoms with Crippen molar-refractivity contribution in [3.8, 4) is 17.1 Å². The Morgan fingerprint density at radius 3 is 2.58 bits per heavy atom. The molecule has 0 radical (unpaired) electrons. The summed E-state index contributed by atoms with van der Waals surface area (Å²) >= 11 is 0. The Morgan fingerprint density at radius 2 is 1.88 bits per heavy atom. The second kappa shape index (κ2) is 7.20. The Morgan fingerprint density at radius 1 is 1.12 bits per heavy atom. The van der Waals surface area contributed by atoms with Gasteiger partial charge in [0.25, 0.3) is 5.91 Å². The third kappa shape index (κ3) is 3.43. The molecule has 5 heteroatoms. The van der Waals surface area contributed by atoms with E-state index in [9.17, 15) is 4.79 Å². The lowest BCUT2D eigenvalue weighted by Crippen LogP contribution is -2.36. The van der Waals surface area contributed by atoms with Crippen LogP contribution in [0, 0.1) is 6.92 Å². The Bertz CT molecular complexity index is 889. The average Bonchev–Trinajstić information content (AvgIpc) is 3.30. The first-order chi connectivity index (χ1) is 12.7. The van der Waals surface area contributed by atoms with Crippen LogP contribution in [0.5, 0.6) is 0 Å². The second-order valence-corrected chi connectivity index (χ2v) is 6.89. The first-order valence-electron chi connectivity index (χ1n) is 9.23. The van der Waals surface area contributed by atoms with Crippen LogP contribution in [0.2, 0.25) is 0 Å². The quantitative estimate of drug-likeness (QED) is 0.754. The molecule has 0 saturated heterocycles. The van der Waals surface area contributed by atoms with Crippen LogP contribution < -0.4 is 5.32 Å². The van der Waals surface area contributed by atoms with Crippen molar-refractivity contribution in [2.45, 2.75) is 45.1 Å². The zero-order valence-corrected chi connectivity index (χ0v) is 14.9. The first kappa shape index (κ1) is 16.6. The van der Waals surface area contributed by atoms with E-state index in [1.807, 2.05) is 49.4 Å². The lowest BCUT2D eigenvalue weighted by Gasteiger charge is -2.22. The van der Waals surface area contributed by atoms with Gasteiger partial charge in [-0.05, 0) is 44.0 Å². The summed E-state index contributed by atoms with van der Waals surface area (Å²) in [4.78, 5) is 13.0. The van der Waals surface area contributed by atoms with Crippen molar-refractivity contribution in [3.05, 3.63) is 60.0 Å². The minimum atomic E-state index is -0.0804. The molecule has 3 aromatic rings. The van der Waals surface area contributed by atoms with Gasteiger partial charge >= 0.3 is 0 Å². The zero-order valence-electron chi connectivity index (χ0n) is 14.9. The highest BCUT2D eigenvalue weighted by molar-refractivity contribution is 5.99. The zero-order chi connectivity index (χ0) is 17.9. The summed E-state index contributed by atoms with van der Waals surface area (Å²) in [6, 6.07) is 13.8. The van der Waals surface area contributed by atoms with Gasteiger partial charge in [-0.25, -0.2) is 4.68 Å². The monoisotopic (exact) mass is 349 g/mol. The van der Waals surface area contributed by atoms with Crippen molar-refractivity contribution in [2.75, 3.05) is 0 Å². The fourth-order valence-corrected chi connectivity index (χ4v) is 3.51. The molecule has 26 heavy (non-hydrogen) atoms. The van der Waals surface area contributed by atoms with Gasteiger partial charge < -0.3 is 9.73 Å². The van der Waals surface area contributed by atoms with E-state index < -0.39 is 0 Å². The summed E-state index contributed by atoms with van der Waals surface area (Å²) in [5.41, 5.74) is 2.04. The van der Waals surface area contributed by atoms with Gasteiger partial charge in [0.15, 0.2) is 5.76 Å². The largest absolute Gasteiger partial charge is 0.460 e. The number of hydrogen-bond acceptors (Lipinski definition) is 3. The summed E-state index contributed by atoms with van der Waals surface area (Å²) < 4.78 is 7.48. The van der Waals surface area contributed by atoms with E-state index in [0.29, 0.717) is 17.0 Å². The normalized spacial score (nSPS) is 15.1. The lowest BCUT2D eigenvalue weighted by atomic mass is 9.95. The maximum atomic E-state index is 13.0. The van der Waals surface area contributed by atoms with Crippen LogP contribution in [0.3, 0.4) is 0 Å². The summed E-state index contributed by atoms with van der Waals surface area (Å²) in [5, 5.41) is 7.82. The fourth-order valence-electron chi connectivity index (χ4n) is 3.51. The molecule has 0 atom stereocenters. The molecule has 1 saturated carbocycles. The molecule has 5 nitrogen and oxygen atoms in total. The van der Waals surface area contributed by atoms with Gasteiger partial charge in [0.1, 0.15) is 11.5 Å². The molecule has 134 valence electrons. The summed E-state index contributed by atoms with van der Waals surface area (Å²) in [5.74, 6) is 1.34. The minimum absolute atomic E-state index is 0.0804. The highest BCUT2D eigenvalue weighted by Crippen LogP contribution is 2.26. The van der Waals surface area contributed by atoms with Crippen LogP contribution in [-0.4, -0.2) is 21.7 Å². The molecule has 1 aliphatic rings. The molecule has 0 aliphatic heterocycles. The molecule has 0 unspecified atom stereocenters. The molecule has 2 heterocycles. The maximum Gasteiger partial charge on any atom is 0.255 e. The Hall–Kier alpha value is -2.82. The molecule has 2 aromatic heterocycles. The van der Waals surface area contributed by atoms with Crippen LogP contribution in [0.15, 0.2) is 53.1 Å². The van der Waals surface area contributed by atoms with Gasteiger partial charge in [0.05, 0.1) is 11.3 Å². The molecule has 1 fully saturated rings. The van der Waals surface area contributed by atoms with E-state index in [1.54, 1.807) is 10.9 Å². The van der Waals surface area contributed by atoms with Gasteiger partial charge in [-0.15, -0.1) is 0 Å². The number of benzene rings is 1. The number of rotatable bonds is 4. The number of carbonyl (C=O) groups excluding carboxylic acids is 1. The molecular weight excluding hydrogens is 326 g/mol. The van der Waals surface area contributed by atoms with Crippen LogP contribution in [0.25, 0.3) is 17.1 Å². The number of para-hydroxylation sites is 1. The van der Waals surface area contributed by atoms with E-state index >= 15 is 0 Å². The molecule has 4 rings (SSSR count). The van der Waals surface area contributed by atoms with Crippen LogP contribution in [-0.2, 0) is 0 Å². The van der Waals surface area contributed by atoms with Crippen molar-refractivity contribution >= 4 is 5.91 Å². The highest BCUT2D eigenvalue weighted by Gasteiger charge is 2.23. The fraction of sp³-hybridized carbons (Fsp3) is 0.333. The van der Waals surface area contributed by atoms with Crippen LogP contribution in [0.4, 0.5) is 0 Å². The highest BCUT2D eigenvalue weighted by atomic mass is 16.3. The predicted molar refractivity (Wildman–Crippen MR) is 100 cm³/mol. The number of furan rings is 1. The number of aromatic nitrogens is 2. The van der Waals surface area contributed by atoms with Crippen molar-refractivity contribution in [2.24, 2.45) is 0 Å². The third-order valence-corrected chi connectivity index (χ3v) is 4.89. The summed E-state index contributed by atoms with van der Waals surface area (Å²) in [7, 11) is 0. The summed E-state index contributed by atoms with van der Waals surface area (Å²) in [6.07, 6.45) is 7.51. The molecule has 1 amide bonds. The number of nitrogens with one attached hydrogen (secondary N) is 1. The number of hydrogen-bond donors (Lipinski definition) is 1. The smallest absolute Gasteiger partial charge is 0.255 e. The molecule has 1 N–H and O–H groups in total.